The molecule has 2 aromatic rings. The van der Waals surface area contributed by atoms with E-state index >= 15 is 0 Å². The average molecular weight is 337 g/mol. The van der Waals surface area contributed by atoms with E-state index in [9.17, 15) is 26.0 Å². The molecule has 0 bridgehead atoms. The Labute approximate surface area is 123 Å². The first kappa shape index (κ1) is 16.3. The molecule has 0 aliphatic rings. The summed E-state index contributed by atoms with van der Waals surface area (Å²) in [6.45, 7) is 1.70. The summed E-state index contributed by atoms with van der Waals surface area (Å²) >= 11 is 0. The van der Waals surface area contributed by atoms with Gasteiger partial charge in [0.25, 0.3) is 9.84 Å². The smallest absolute Gasteiger partial charge is 0.338 e. The molecule has 1 aromatic carbocycles. The van der Waals surface area contributed by atoms with Crippen LogP contribution in [0, 0.1) is 12.7 Å². The highest BCUT2D eigenvalue weighted by Crippen LogP contribution is 2.35. The van der Waals surface area contributed by atoms with E-state index in [0.29, 0.717) is 11.8 Å². The van der Waals surface area contributed by atoms with Crippen LogP contribution in [0.2, 0.25) is 0 Å². The summed E-state index contributed by atoms with van der Waals surface area (Å²) in [6, 6.07) is 3.60. The van der Waals surface area contributed by atoms with Crippen LogP contribution in [-0.2, 0) is 16.9 Å². The fraction of sp³-hybridized carbons (Fsp3) is 0.250. The lowest BCUT2D eigenvalue weighted by molar-refractivity contribution is -0.0435. The lowest BCUT2D eigenvalue weighted by atomic mass is 10.3. The van der Waals surface area contributed by atoms with Gasteiger partial charge in [-0.15, -0.1) is 0 Å². The second-order valence-electron chi connectivity index (χ2n) is 4.51. The summed E-state index contributed by atoms with van der Waals surface area (Å²) in [6.07, 6.45) is 0. The number of aryl methyl sites for hydroxylation is 2. The highest BCUT2D eigenvalue weighted by atomic mass is 32.2. The van der Waals surface area contributed by atoms with E-state index in [1.165, 1.54) is 10.7 Å². The Morgan fingerprint density at radius 3 is 2.36 bits per heavy atom. The summed E-state index contributed by atoms with van der Waals surface area (Å²) in [5, 5.41) is 6.41. The number of hydrogen-bond donors (Lipinski definition) is 1. The first-order valence-corrected chi connectivity index (χ1v) is 7.39. The van der Waals surface area contributed by atoms with Gasteiger partial charge in [-0.3, -0.25) is 4.68 Å². The van der Waals surface area contributed by atoms with Crippen molar-refractivity contribution in [2.45, 2.75) is 17.3 Å². The average Bonchev–Trinajstić information content (AvgIpc) is 2.69. The molecule has 5 nitrogen and oxygen atoms in total. The standard InChI is InChI=1S/C12H11F4N3O2S/c1-7-5-11(18-19(7)2)17-9-4-3-8(13)6-10(9)22(20,21)12(14,15)16/h3-6H,1-2H3,(H,17,18). The number of rotatable bonds is 3. The molecule has 0 aliphatic carbocycles. The number of nitrogens with one attached hydrogen (secondary N) is 1. The number of alkyl halides is 3. The van der Waals surface area contributed by atoms with Crippen LogP contribution in [0.5, 0.6) is 0 Å². The van der Waals surface area contributed by atoms with Crippen LogP contribution in [0.4, 0.5) is 29.1 Å². The minimum atomic E-state index is -5.69. The molecule has 0 radical (unpaired) electrons. The minimum Gasteiger partial charge on any atom is -0.338 e. The lowest BCUT2D eigenvalue weighted by Crippen LogP contribution is -2.24. The molecule has 0 unspecified atom stereocenters. The van der Waals surface area contributed by atoms with Gasteiger partial charge in [0.2, 0.25) is 0 Å². The topological polar surface area (TPSA) is 64.0 Å². The molecule has 2 rings (SSSR count). The number of aromatic nitrogens is 2. The molecular weight excluding hydrogens is 326 g/mol. The van der Waals surface area contributed by atoms with Crippen LogP contribution in [-0.4, -0.2) is 23.7 Å². The van der Waals surface area contributed by atoms with E-state index in [0.717, 1.165) is 12.1 Å². The van der Waals surface area contributed by atoms with Gasteiger partial charge in [-0.2, -0.15) is 18.3 Å². The second-order valence-corrected chi connectivity index (χ2v) is 6.42. The predicted molar refractivity (Wildman–Crippen MR) is 70.9 cm³/mol. The maximum Gasteiger partial charge on any atom is 0.501 e. The van der Waals surface area contributed by atoms with Gasteiger partial charge < -0.3 is 5.32 Å². The van der Waals surface area contributed by atoms with Crippen LogP contribution in [0.1, 0.15) is 5.69 Å². The van der Waals surface area contributed by atoms with Gasteiger partial charge in [-0.1, -0.05) is 0 Å². The van der Waals surface area contributed by atoms with Crippen molar-refractivity contribution in [2.75, 3.05) is 5.32 Å². The zero-order valence-corrected chi connectivity index (χ0v) is 12.3. The van der Waals surface area contributed by atoms with Crippen LogP contribution in [0.15, 0.2) is 29.2 Å². The van der Waals surface area contributed by atoms with Crippen molar-refractivity contribution in [3.63, 3.8) is 0 Å². The van der Waals surface area contributed by atoms with Crippen LogP contribution in [0.3, 0.4) is 0 Å². The van der Waals surface area contributed by atoms with E-state index in [4.69, 9.17) is 0 Å². The van der Waals surface area contributed by atoms with Crippen molar-refractivity contribution in [1.82, 2.24) is 9.78 Å². The molecule has 120 valence electrons. The van der Waals surface area contributed by atoms with Crippen LogP contribution >= 0.6 is 0 Å². The minimum absolute atomic E-state index is 0.144. The number of anilines is 2. The molecule has 10 heteroatoms. The van der Waals surface area contributed by atoms with Crippen molar-refractivity contribution >= 4 is 21.3 Å². The predicted octanol–water partition coefficient (Wildman–Crippen LogP) is 2.90. The molecule has 1 aromatic heterocycles. The SMILES string of the molecule is Cc1cc(Nc2ccc(F)cc2S(=O)(=O)C(F)(F)F)nn1C. The fourth-order valence-corrected chi connectivity index (χ4v) is 2.63. The molecule has 1 heterocycles. The molecule has 0 amide bonds. The van der Waals surface area contributed by atoms with Gasteiger partial charge in [-0.25, -0.2) is 12.8 Å². The number of sulfone groups is 1. The molecule has 0 aliphatic heterocycles. The first-order chi connectivity index (χ1) is 10.0. The van der Waals surface area contributed by atoms with Gasteiger partial charge in [0.15, 0.2) is 5.82 Å². The van der Waals surface area contributed by atoms with Gasteiger partial charge >= 0.3 is 5.51 Å². The third-order valence-corrected chi connectivity index (χ3v) is 4.44. The van der Waals surface area contributed by atoms with Crippen molar-refractivity contribution in [3.05, 3.63) is 35.8 Å². The van der Waals surface area contributed by atoms with Gasteiger partial charge in [0.1, 0.15) is 10.7 Å². The molecule has 1 N–H and O–H groups in total. The normalized spacial score (nSPS) is 12.5. The van der Waals surface area contributed by atoms with Crippen LogP contribution < -0.4 is 5.32 Å². The Morgan fingerprint density at radius 1 is 1.23 bits per heavy atom. The largest absolute Gasteiger partial charge is 0.501 e. The van der Waals surface area contributed by atoms with E-state index in [1.54, 1.807) is 14.0 Å². The van der Waals surface area contributed by atoms with E-state index in [1.807, 2.05) is 0 Å². The summed E-state index contributed by atoms with van der Waals surface area (Å²) in [4.78, 5) is -1.19. The molecule has 0 atom stereocenters. The maximum atomic E-state index is 13.2. The van der Waals surface area contributed by atoms with Crippen molar-refractivity contribution in [1.29, 1.82) is 0 Å². The maximum absolute atomic E-state index is 13.2. The highest BCUT2D eigenvalue weighted by Gasteiger charge is 2.48. The molecular formula is C12H11F4N3O2S. The molecule has 0 saturated heterocycles. The molecule has 22 heavy (non-hydrogen) atoms. The zero-order chi connectivity index (χ0) is 16.7. The second kappa shape index (κ2) is 5.27. The number of halogens is 4. The summed E-state index contributed by atoms with van der Waals surface area (Å²) < 4.78 is 75.7. The Hall–Kier alpha value is -2.10. The summed E-state index contributed by atoms with van der Waals surface area (Å²) in [5.41, 5.74) is -5.24. The summed E-state index contributed by atoms with van der Waals surface area (Å²) in [5.74, 6) is -0.948. The van der Waals surface area contributed by atoms with Gasteiger partial charge in [0, 0.05) is 18.8 Å². The Kier molecular flexibility index (Phi) is 3.90. The van der Waals surface area contributed by atoms with E-state index in [2.05, 4.69) is 10.4 Å². The van der Waals surface area contributed by atoms with Gasteiger partial charge in [0.05, 0.1) is 5.69 Å². The molecule has 0 spiro atoms. The van der Waals surface area contributed by atoms with E-state index < -0.39 is 31.7 Å². The number of benzene rings is 1. The Balaban J connectivity index is 2.54. The van der Waals surface area contributed by atoms with Gasteiger partial charge in [-0.05, 0) is 25.1 Å². The molecule has 0 fully saturated rings. The van der Waals surface area contributed by atoms with E-state index in [-0.39, 0.29) is 5.82 Å². The zero-order valence-electron chi connectivity index (χ0n) is 11.4. The van der Waals surface area contributed by atoms with Crippen molar-refractivity contribution in [3.8, 4) is 0 Å². The van der Waals surface area contributed by atoms with Crippen molar-refractivity contribution in [2.24, 2.45) is 7.05 Å². The van der Waals surface area contributed by atoms with Crippen LogP contribution in [0.25, 0.3) is 0 Å². The Bertz CT molecular complexity index is 793. The summed E-state index contributed by atoms with van der Waals surface area (Å²) in [7, 11) is -4.08. The Morgan fingerprint density at radius 2 is 1.86 bits per heavy atom. The third kappa shape index (κ3) is 2.91. The monoisotopic (exact) mass is 337 g/mol. The third-order valence-electron chi connectivity index (χ3n) is 2.91. The van der Waals surface area contributed by atoms with Crippen molar-refractivity contribution < 1.29 is 26.0 Å². The quantitative estimate of drug-likeness (QED) is 0.875. The first-order valence-electron chi connectivity index (χ1n) is 5.91. The number of hydrogen-bond acceptors (Lipinski definition) is 4. The molecule has 0 saturated carbocycles. The fourth-order valence-electron chi connectivity index (χ4n) is 1.71. The lowest BCUT2D eigenvalue weighted by Gasteiger charge is -2.13. The highest BCUT2D eigenvalue weighted by molar-refractivity contribution is 7.92. The number of nitrogens with zero attached hydrogens (tertiary/aromatic N) is 2.